The van der Waals surface area contributed by atoms with Crippen LogP contribution < -0.4 is 15.4 Å². The number of hydrogen-bond donors (Lipinski definition) is 3. The monoisotopic (exact) mass is 413 g/mol. The fourth-order valence-corrected chi connectivity index (χ4v) is 3.47. The van der Waals surface area contributed by atoms with Crippen LogP contribution in [-0.2, 0) is 6.42 Å². The number of amides is 2. The quantitative estimate of drug-likeness (QED) is 0.420. The maximum atomic E-state index is 12.8. The first-order chi connectivity index (χ1) is 15.2. The molecule has 6 heteroatoms. The van der Waals surface area contributed by atoms with E-state index in [4.69, 9.17) is 4.74 Å². The second-order valence-corrected chi connectivity index (χ2v) is 7.10. The minimum absolute atomic E-state index is 0.235. The molecule has 0 aliphatic heterocycles. The molecule has 0 saturated heterocycles. The number of ether oxygens (including phenoxy) is 1. The number of nitrogens with one attached hydrogen (secondary N) is 3. The molecular weight excluding hydrogens is 390 g/mol. The maximum Gasteiger partial charge on any atom is 0.255 e. The van der Waals surface area contributed by atoms with Crippen molar-refractivity contribution < 1.29 is 14.3 Å². The van der Waals surface area contributed by atoms with Gasteiger partial charge in [0.25, 0.3) is 11.8 Å². The summed E-state index contributed by atoms with van der Waals surface area (Å²) in [5.41, 5.74) is 3.56. The zero-order valence-electron chi connectivity index (χ0n) is 17.1. The number of anilines is 1. The van der Waals surface area contributed by atoms with Crippen molar-refractivity contribution in [1.82, 2.24) is 10.3 Å². The third-order valence-corrected chi connectivity index (χ3v) is 5.11. The van der Waals surface area contributed by atoms with Gasteiger partial charge in [-0.25, -0.2) is 0 Å². The van der Waals surface area contributed by atoms with Gasteiger partial charge in [-0.3, -0.25) is 9.59 Å². The average Bonchev–Trinajstić information content (AvgIpc) is 3.22. The highest BCUT2D eigenvalue weighted by molar-refractivity contribution is 6.09. The van der Waals surface area contributed by atoms with E-state index in [9.17, 15) is 9.59 Å². The molecule has 0 unspecified atom stereocenters. The first-order valence-corrected chi connectivity index (χ1v) is 10.0. The lowest BCUT2D eigenvalue weighted by Crippen LogP contribution is -2.27. The van der Waals surface area contributed by atoms with Crippen molar-refractivity contribution in [3.05, 3.63) is 95.7 Å². The van der Waals surface area contributed by atoms with E-state index in [1.54, 1.807) is 55.6 Å². The molecule has 156 valence electrons. The van der Waals surface area contributed by atoms with Crippen molar-refractivity contribution >= 4 is 28.4 Å². The Bertz CT molecular complexity index is 1220. The molecule has 1 heterocycles. The maximum absolute atomic E-state index is 12.8. The SMILES string of the molecule is COc1ccc2[nH]cc(CCNC(=O)c3ccccc3NC(=O)c3ccccc3)c2c1. The lowest BCUT2D eigenvalue weighted by atomic mass is 10.1. The smallest absolute Gasteiger partial charge is 0.255 e. The van der Waals surface area contributed by atoms with E-state index in [1.165, 1.54) is 0 Å². The van der Waals surface area contributed by atoms with Crippen LogP contribution in [0.15, 0.2) is 79.0 Å². The molecule has 0 atom stereocenters. The number of aromatic amines is 1. The van der Waals surface area contributed by atoms with E-state index in [1.807, 2.05) is 30.5 Å². The fraction of sp³-hybridized carbons (Fsp3) is 0.120. The molecule has 0 saturated carbocycles. The number of H-pyrrole nitrogens is 1. The van der Waals surface area contributed by atoms with Crippen LogP contribution in [0.3, 0.4) is 0 Å². The summed E-state index contributed by atoms with van der Waals surface area (Å²) < 4.78 is 5.31. The van der Waals surface area contributed by atoms with Gasteiger partial charge in [-0.2, -0.15) is 0 Å². The summed E-state index contributed by atoms with van der Waals surface area (Å²) >= 11 is 0. The number of benzene rings is 3. The highest BCUT2D eigenvalue weighted by atomic mass is 16.5. The number of fused-ring (bicyclic) bond motifs is 1. The molecule has 0 bridgehead atoms. The third kappa shape index (κ3) is 4.59. The van der Waals surface area contributed by atoms with Gasteiger partial charge in [0.2, 0.25) is 0 Å². The van der Waals surface area contributed by atoms with Gasteiger partial charge in [0, 0.05) is 29.2 Å². The summed E-state index contributed by atoms with van der Waals surface area (Å²) in [6.07, 6.45) is 2.61. The minimum atomic E-state index is -0.256. The van der Waals surface area contributed by atoms with Crippen molar-refractivity contribution in [2.75, 3.05) is 19.0 Å². The Labute approximate surface area is 180 Å². The Hall–Kier alpha value is -4.06. The van der Waals surface area contributed by atoms with Crippen LogP contribution in [-0.4, -0.2) is 30.5 Å². The van der Waals surface area contributed by atoms with Gasteiger partial charge in [0.15, 0.2) is 0 Å². The van der Waals surface area contributed by atoms with Gasteiger partial charge in [-0.05, 0) is 54.4 Å². The lowest BCUT2D eigenvalue weighted by Gasteiger charge is -2.11. The van der Waals surface area contributed by atoms with Gasteiger partial charge < -0.3 is 20.4 Å². The molecule has 4 aromatic rings. The summed E-state index contributed by atoms with van der Waals surface area (Å²) in [5.74, 6) is 0.301. The van der Waals surface area contributed by atoms with Crippen LogP contribution in [0, 0.1) is 0 Å². The van der Waals surface area contributed by atoms with Crippen molar-refractivity contribution in [3.63, 3.8) is 0 Å². The van der Waals surface area contributed by atoms with Crippen LogP contribution in [0.5, 0.6) is 5.75 Å². The van der Waals surface area contributed by atoms with E-state index in [0.717, 1.165) is 22.2 Å². The minimum Gasteiger partial charge on any atom is -0.497 e. The standard InChI is InChI=1S/C25H23N3O3/c1-31-19-11-12-22-21(15-19)18(16-27-22)13-14-26-25(30)20-9-5-6-10-23(20)28-24(29)17-7-3-2-4-8-17/h2-12,15-16,27H,13-14H2,1H3,(H,26,30)(H,28,29). The Balaban J connectivity index is 1.42. The van der Waals surface area contributed by atoms with Crippen LogP contribution in [0.4, 0.5) is 5.69 Å². The molecule has 3 N–H and O–H groups in total. The Morgan fingerprint density at radius 1 is 0.935 bits per heavy atom. The van der Waals surface area contributed by atoms with Gasteiger partial charge >= 0.3 is 0 Å². The molecule has 4 rings (SSSR count). The van der Waals surface area contributed by atoms with Crippen molar-refractivity contribution in [2.24, 2.45) is 0 Å². The third-order valence-electron chi connectivity index (χ3n) is 5.11. The zero-order valence-corrected chi connectivity index (χ0v) is 17.1. The van der Waals surface area contributed by atoms with Crippen LogP contribution in [0.2, 0.25) is 0 Å². The normalized spacial score (nSPS) is 10.6. The molecule has 0 aliphatic rings. The van der Waals surface area contributed by atoms with Gasteiger partial charge in [0.1, 0.15) is 5.75 Å². The predicted molar refractivity (Wildman–Crippen MR) is 122 cm³/mol. The predicted octanol–water partition coefficient (Wildman–Crippen LogP) is 4.40. The van der Waals surface area contributed by atoms with E-state index < -0.39 is 0 Å². The Morgan fingerprint density at radius 2 is 1.71 bits per heavy atom. The Kier molecular flexibility index (Phi) is 5.98. The summed E-state index contributed by atoms with van der Waals surface area (Å²) in [6.45, 7) is 0.462. The lowest BCUT2D eigenvalue weighted by molar-refractivity contribution is 0.0955. The van der Waals surface area contributed by atoms with Crippen molar-refractivity contribution in [2.45, 2.75) is 6.42 Å². The summed E-state index contributed by atoms with van der Waals surface area (Å²) in [4.78, 5) is 28.5. The van der Waals surface area contributed by atoms with E-state index in [0.29, 0.717) is 29.8 Å². The molecule has 3 aromatic carbocycles. The highest BCUT2D eigenvalue weighted by Gasteiger charge is 2.14. The van der Waals surface area contributed by atoms with Gasteiger partial charge in [0.05, 0.1) is 18.4 Å². The molecule has 0 fully saturated rings. The fourth-order valence-electron chi connectivity index (χ4n) is 3.47. The van der Waals surface area contributed by atoms with Crippen molar-refractivity contribution in [3.8, 4) is 5.75 Å². The molecular formula is C25H23N3O3. The molecule has 0 aliphatic carbocycles. The molecule has 0 spiro atoms. The molecule has 0 radical (unpaired) electrons. The highest BCUT2D eigenvalue weighted by Crippen LogP contribution is 2.24. The van der Waals surface area contributed by atoms with Crippen LogP contribution in [0.1, 0.15) is 26.3 Å². The van der Waals surface area contributed by atoms with Crippen molar-refractivity contribution in [1.29, 1.82) is 0 Å². The second kappa shape index (κ2) is 9.17. The largest absolute Gasteiger partial charge is 0.497 e. The molecule has 1 aromatic heterocycles. The van der Waals surface area contributed by atoms with E-state index in [-0.39, 0.29) is 11.8 Å². The van der Waals surface area contributed by atoms with E-state index in [2.05, 4.69) is 15.6 Å². The number of carbonyl (C=O) groups is 2. The number of carbonyl (C=O) groups excluding carboxylic acids is 2. The second-order valence-electron chi connectivity index (χ2n) is 7.10. The van der Waals surface area contributed by atoms with Crippen LogP contribution >= 0.6 is 0 Å². The zero-order chi connectivity index (χ0) is 21.6. The van der Waals surface area contributed by atoms with Gasteiger partial charge in [-0.15, -0.1) is 0 Å². The topological polar surface area (TPSA) is 83.2 Å². The molecule has 31 heavy (non-hydrogen) atoms. The number of rotatable bonds is 7. The summed E-state index contributed by atoms with van der Waals surface area (Å²) in [5, 5.41) is 6.85. The average molecular weight is 413 g/mol. The number of aromatic nitrogens is 1. The van der Waals surface area contributed by atoms with Gasteiger partial charge in [-0.1, -0.05) is 30.3 Å². The molecule has 6 nitrogen and oxygen atoms in total. The summed E-state index contributed by atoms with van der Waals surface area (Å²) in [6, 6.07) is 21.8. The van der Waals surface area contributed by atoms with E-state index >= 15 is 0 Å². The number of methoxy groups -OCH3 is 1. The number of para-hydroxylation sites is 1. The first kappa shape index (κ1) is 20.2. The number of hydrogen-bond acceptors (Lipinski definition) is 3. The molecule has 2 amide bonds. The van der Waals surface area contributed by atoms with Crippen LogP contribution in [0.25, 0.3) is 10.9 Å². The first-order valence-electron chi connectivity index (χ1n) is 10.0. The summed E-state index contributed by atoms with van der Waals surface area (Å²) in [7, 11) is 1.64. The Morgan fingerprint density at radius 3 is 2.52 bits per heavy atom.